The fraction of sp³-hybridized carbons (Fsp3) is 1.00. The molecule has 3 nitrogen and oxygen atoms in total. The summed E-state index contributed by atoms with van der Waals surface area (Å²) in [6.45, 7) is 1.81. The van der Waals surface area contributed by atoms with E-state index in [9.17, 15) is 12.9 Å². The smallest absolute Gasteiger partial charge is 1.00 e. The zero-order valence-electron chi connectivity index (χ0n) is 7.84. The third-order valence-electron chi connectivity index (χ3n) is 0.844. The predicted molar refractivity (Wildman–Crippen MR) is 38.9 cm³/mol. The largest absolute Gasteiger partial charge is 2.00 e. The van der Waals surface area contributed by atoms with E-state index < -0.39 is 10.1 Å². The molecule has 0 aliphatic rings. The van der Waals surface area contributed by atoms with E-state index in [0.29, 0.717) is 12.8 Å². The van der Waals surface area contributed by atoms with Crippen molar-refractivity contribution in [1.82, 2.24) is 0 Å². The molecule has 0 fully saturated rings. The Labute approximate surface area is 92.9 Å². The van der Waals surface area contributed by atoms with Gasteiger partial charge in [0, 0.05) is 0 Å². The number of halogens is 1. The van der Waals surface area contributed by atoms with Gasteiger partial charge in [-0.05, 0) is 10.9 Å². The summed E-state index contributed by atoms with van der Waals surface area (Å²) in [6, 6.07) is 0. The molecule has 0 amide bonds. The molecule has 0 aromatic heterocycles. The monoisotopic (exact) mass is 198 g/mol. The summed E-state index contributed by atoms with van der Waals surface area (Å²) in [7, 11) is -3.85. The van der Waals surface area contributed by atoms with Gasteiger partial charge in [-0.15, -0.1) is 0 Å². The third-order valence-corrected chi connectivity index (χ3v) is 1.82. The van der Waals surface area contributed by atoms with Crippen molar-refractivity contribution in [2.45, 2.75) is 19.8 Å². The number of rotatable bonds is 4. The molecule has 0 saturated carbocycles. The second kappa shape index (κ2) is 6.79. The van der Waals surface area contributed by atoms with Crippen molar-refractivity contribution in [3.05, 3.63) is 0 Å². The SMILES string of the molecule is CCCCS(=O)(=O)OF.[Ca+2].[H-].[H-]. The second-order valence-corrected chi connectivity index (χ2v) is 3.33. The molecule has 60 valence electrons. The Morgan fingerprint density at radius 2 is 2.10 bits per heavy atom. The van der Waals surface area contributed by atoms with Crippen LogP contribution in [0.1, 0.15) is 22.6 Å². The van der Waals surface area contributed by atoms with Crippen LogP contribution in [0.3, 0.4) is 0 Å². The van der Waals surface area contributed by atoms with Crippen molar-refractivity contribution in [3.63, 3.8) is 0 Å². The quantitative estimate of drug-likeness (QED) is 0.629. The van der Waals surface area contributed by atoms with Crippen molar-refractivity contribution in [2.75, 3.05) is 5.75 Å². The molecular weight excluding hydrogens is 187 g/mol. The van der Waals surface area contributed by atoms with Gasteiger partial charge in [0.15, 0.2) is 0 Å². The van der Waals surface area contributed by atoms with Gasteiger partial charge in [-0.3, -0.25) is 0 Å². The molecule has 0 aliphatic heterocycles. The van der Waals surface area contributed by atoms with E-state index in [-0.39, 0.29) is 46.3 Å². The third kappa shape index (κ3) is 7.21. The Bertz CT molecular complexity index is 164. The molecule has 0 bridgehead atoms. The maximum absolute atomic E-state index is 11.0. The first kappa shape index (κ1) is 13.7. The minimum atomic E-state index is -3.85. The summed E-state index contributed by atoms with van der Waals surface area (Å²) in [5, 5.41) is 0. The van der Waals surface area contributed by atoms with Gasteiger partial charge < -0.3 is 2.85 Å². The Hall–Kier alpha value is 1.10. The summed E-state index contributed by atoms with van der Waals surface area (Å²) in [5.41, 5.74) is 0. The van der Waals surface area contributed by atoms with E-state index in [1.807, 2.05) is 6.92 Å². The van der Waals surface area contributed by atoms with Crippen LogP contribution in [0, 0.1) is 0 Å². The molecule has 0 aromatic rings. The minimum absolute atomic E-state index is 0. The molecule has 0 heterocycles. The maximum atomic E-state index is 11.0. The average molecular weight is 198 g/mol. The molecule has 10 heavy (non-hydrogen) atoms. The molecule has 0 spiro atoms. The first-order valence-electron chi connectivity index (χ1n) is 2.65. The van der Waals surface area contributed by atoms with Gasteiger partial charge in [0.25, 0.3) is 10.1 Å². The first-order valence-corrected chi connectivity index (χ1v) is 4.23. The van der Waals surface area contributed by atoms with Crippen molar-refractivity contribution < 1.29 is 20.2 Å². The molecule has 0 atom stereocenters. The van der Waals surface area contributed by atoms with Gasteiger partial charge in [-0.25, -0.2) is 0 Å². The summed E-state index contributed by atoms with van der Waals surface area (Å²) >= 11 is 0. The normalized spacial score (nSPS) is 10.6. The minimum Gasteiger partial charge on any atom is -1.00 e. The van der Waals surface area contributed by atoms with E-state index in [2.05, 4.69) is 4.39 Å². The summed E-state index contributed by atoms with van der Waals surface area (Å²) < 4.78 is 34.0. The standard InChI is InChI=1S/C4H9FO3S.Ca.2H/c1-2-3-4-9(6,7)8-5;;;/h2-4H2,1H3;;;/q;+2;2*-1. The fourth-order valence-electron chi connectivity index (χ4n) is 0.353. The fourth-order valence-corrected chi connectivity index (χ4v) is 1.06. The van der Waals surface area contributed by atoms with Gasteiger partial charge in [-0.1, -0.05) is 17.7 Å². The van der Waals surface area contributed by atoms with E-state index in [0.717, 1.165) is 0 Å². The van der Waals surface area contributed by atoms with Gasteiger partial charge in [0.05, 0.1) is 5.75 Å². The Kier molecular flexibility index (Phi) is 9.28. The van der Waals surface area contributed by atoms with Gasteiger partial charge in [0.2, 0.25) is 0 Å². The van der Waals surface area contributed by atoms with Crippen LogP contribution in [0.5, 0.6) is 0 Å². The summed E-state index contributed by atoms with van der Waals surface area (Å²) in [6.07, 6.45) is 1.15. The van der Waals surface area contributed by atoms with Crippen LogP contribution in [0.25, 0.3) is 0 Å². The molecule has 0 N–H and O–H groups in total. The molecule has 0 unspecified atom stereocenters. The van der Waals surface area contributed by atoms with Crippen molar-refractivity contribution >= 4 is 47.9 Å². The maximum Gasteiger partial charge on any atom is 2.00 e. The van der Waals surface area contributed by atoms with E-state index in [4.69, 9.17) is 0 Å². The van der Waals surface area contributed by atoms with Gasteiger partial charge in [0.1, 0.15) is 0 Å². The first-order chi connectivity index (χ1) is 4.12. The predicted octanol–water partition coefficient (Wildman–Crippen LogP) is 0.862. The molecule has 0 aromatic carbocycles. The van der Waals surface area contributed by atoms with Crippen molar-refractivity contribution in [3.8, 4) is 0 Å². The van der Waals surface area contributed by atoms with E-state index >= 15 is 0 Å². The molecule has 6 heteroatoms. The van der Waals surface area contributed by atoms with E-state index in [1.54, 1.807) is 0 Å². The van der Waals surface area contributed by atoms with Gasteiger partial charge >= 0.3 is 37.7 Å². The zero-order valence-corrected chi connectivity index (χ0v) is 8.86. The van der Waals surface area contributed by atoms with Crippen LogP contribution in [0.15, 0.2) is 0 Å². The van der Waals surface area contributed by atoms with Crippen LogP contribution in [0.2, 0.25) is 0 Å². The second-order valence-electron chi connectivity index (χ2n) is 1.68. The molecule has 0 radical (unpaired) electrons. The number of hydrogen-bond donors (Lipinski definition) is 0. The topological polar surface area (TPSA) is 43.4 Å². The van der Waals surface area contributed by atoms with Crippen molar-refractivity contribution in [1.29, 1.82) is 0 Å². The molecule has 0 aliphatic carbocycles. The molecular formula is C4H11CaFO3S. The van der Waals surface area contributed by atoms with Crippen LogP contribution in [-0.2, 0) is 14.5 Å². The summed E-state index contributed by atoms with van der Waals surface area (Å²) in [4.78, 5) is 0. The van der Waals surface area contributed by atoms with E-state index in [1.165, 1.54) is 0 Å². The Morgan fingerprint density at radius 1 is 1.60 bits per heavy atom. The van der Waals surface area contributed by atoms with Crippen LogP contribution < -0.4 is 0 Å². The Balaban J connectivity index is -0.000000107. The Morgan fingerprint density at radius 3 is 2.40 bits per heavy atom. The molecule has 0 saturated heterocycles. The average Bonchev–Trinajstić information content (AvgIpc) is 1.84. The van der Waals surface area contributed by atoms with Crippen LogP contribution in [-0.4, -0.2) is 51.9 Å². The number of unbranched alkanes of at least 4 members (excludes halogenated alkanes) is 1. The van der Waals surface area contributed by atoms with Gasteiger partial charge in [-0.2, -0.15) is 8.42 Å². The molecule has 0 rings (SSSR count). The van der Waals surface area contributed by atoms with Crippen LogP contribution >= 0.6 is 0 Å². The zero-order chi connectivity index (χ0) is 7.33. The van der Waals surface area contributed by atoms with Crippen molar-refractivity contribution in [2.24, 2.45) is 0 Å². The number of hydrogen-bond acceptors (Lipinski definition) is 3. The van der Waals surface area contributed by atoms with Crippen LogP contribution in [0.4, 0.5) is 4.53 Å². The summed E-state index contributed by atoms with van der Waals surface area (Å²) in [5.74, 6) is -0.236.